The van der Waals surface area contributed by atoms with E-state index in [4.69, 9.17) is 0 Å². The zero-order valence-corrected chi connectivity index (χ0v) is 10.3. The van der Waals surface area contributed by atoms with Gasteiger partial charge in [-0.15, -0.1) is 11.8 Å². The number of aromatic nitrogens is 2. The third-order valence-electron chi connectivity index (χ3n) is 1.85. The Morgan fingerprint density at radius 2 is 2.31 bits per heavy atom. The Balaban J connectivity index is 2.38. The number of thioether (sulfide) groups is 1. The summed E-state index contributed by atoms with van der Waals surface area (Å²) in [6.45, 7) is 2.97. The number of hydrogen-bond acceptors (Lipinski definition) is 5. The second-order valence-corrected chi connectivity index (χ2v) is 3.98. The molecule has 6 heteroatoms. The molecule has 0 bridgehead atoms. The molecule has 0 aliphatic heterocycles. The van der Waals surface area contributed by atoms with Gasteiger partial charge < -0.3 is 10.6 Å². The van der Waals surface area contributed by atoms with E-state index >= 15 is 0 Å². The predicted molar refractivity (Wildman–Crippen MR) is 65.6 cm³/mol. The summed E-state index contributed by atoms with van der Waals surface area (Å²) in [5, 5.41) is 6.61. The van der Waals surface area contributed by atoms with Crippen molar-refractivity contribution in [1.82, 2.24) is 15.3 Å². The number of nitrogens with one attached hydrogen (secondary N) is 2. The molecule has 0 aliphatic rings. The SMILES string of the molecule is CCCNC(=O)CNc1cc(SC)ncn1. The fourth-order valence-electron chi connectivity index (χ4n) is 1.05. The molecule has 16 heavy (non-hydrogen) atoms. The minimum atomic E-state index is -0.0221. The van der Waals surface area contributed by atoms with E-state index in [1.54, 1.807) is 0 Å². The van der Waals surface area contributed by atoms with Crippen LogP contribution in [0.3, 0.4) is 0 Å². The van der Waals surface area contributed by atoms with E-state index in [9.17, 15) is 4.79 Å². The highest BCUT2D eigenvalue weighted by Crippen LogP contribution is 2.13. The van der Waals surface area contributed by atoms with E-state index in [1.165, 1.54) is 18.1 Å². The first kappa shape index (κ1) is 12.8. The molecule has 2 N–H and O–H groups in total. The van der Waals surface area contributed by atoms with E-state index in [1.807, 2.05) is 19.2 Å². The Morgan fingerprint density at radius 1 is 1.50 bits per heavy atom. The van der Waals surface area contributed by atoms with Crippen LogP contribution in [0.15, 0.2) is 17.4 Å². The molecule has 0 aromatic carbocycles. The Bertz CT molecular complexity index is 345. The van der Waals surface area contributed by atoms with Crippen molar-refractivity contribution in [2.45, 2.75) is 18.4 Å². The first-order valence-corrected chi connectivity index (χ1v) is 6.35. The molecule has 0 saturated carbocycles. The Labute approximate surface area is 99.4 Å². The van der Waals surface area contributed by atoms with Crippen LogP contribution in [0.1, 0.15) is 13.3 Å². The largest absolute Gasteiger partial charge is 0.361 e. The number of rotatable bonds is 6. The molecule has 5 nitrogen and oxygen atoms in total. The second-order valence-electron chi connectivity index (χ2n) is 3.15. The fraction of sp³-hybridized carbons (Fsp3) is 0.500. The van der Waals surface area contributed by atoms with Crippen molar-refractivity contribution in [2.24, 2.45) is 0 Å². The minimum absolute atomic E-state index is 0.0221. The lowest BCUT2D eigenvalue weighted by Gasteiger charge is -2.06. The molecule has 0 aliphatic carbocycles. The number of anilines is 1. The first-order valence-electron chi connectivity index (χ1n) is 5.13. The van der Waals surface area contributed by atoms with Crippen LogP contribution in [0.2, 0.25) is 0 Å². The second kappa shape index (κ2) is 7.05. The van der Waals surface area contributed by atoms with Crippen molar-refractivity contribution in [1.29, 1.82) is 0 Å². The van der Waals surface area contributed by atoms with Crippen molar-refractivity contribution in [3.05, 3.63) is 12.4 Å². The predicted octanol–water partition coefficient (Wildman–Crippen LogP) is 1.14. The molecule has 1 amide bonds. The Kier molecular flexibility index (Phi) is 5.63. The van der Waals surface area contributed by atoms with Crippen molar-refractivity contribution in [3.8, 4) is 0 Å². The third kappa shape index (κ3) is 4.48. The van der Waals surface area contributed by atoms with Gasteiger partial charge in [0.2, 0.25) is 5.91 Å². The Hall–Kier alpha value is -1.30. The van der Waals surface area contributed by atoms with Crippen LogP contribution in [0, 0.1) is 0 Å². The number of carbonyl (C=O) groups is 1. The molecular weight excluding hydrogens is 224 g/mol. The van der Waals surface area contributed by atoms with E-state index in [0.717, 1.165) is 11.4 Å². The van der Waals surface area contributed by atoms with Gasteiger partial charge in [-0.25, -0.2) is 9.97 Å². The van der Waals surface area contributed by atoms with Crippen LogP contribution in [0.4, 0.5) is 5.82 Å². The van der Waals surface area contributed by atoms with Gasteiger partial charge in [0.15, 0.2) is 0 Å². The van der Waals surface area contributed by atoms with Gasteiger partial charge >= 0.3 is 0 Å². The highest BCUT2D eigenvalue weighted by molar-refractivity contribution is 7.98. The van der Waals surface area contributed by atoms with Crippen molar-refractivity contribution >= 4 is 23.5 Å². The average Bonchev–Trinajstić information content (AvgIpc) is 2.34. The maximum atomic E-state index is 11.3. The van der Waals surface area contributed by atoms with Gasteiger partial charge in [0, 0.05) is 12.6 Å². The van der Waals surface area contributed by atoms with Gasteiger partial charge in [-0.1, -0.05) is 6.92 Å². The smallest absolute Gasteiger partial charge is 0.239 e. The number of hydrogen-bond donors (Lipinski definition) is 2. The van der Waals surface area contributed by atoms with Crippen LogP contribution < -0.4 is 10.6 Å². The summed E-state index contributed by atoms with van der Waals surface area (Å²) in [7, 11) is 0. The standard InChI is InChI=1S/C10H16N4OS/c1-3-4-11-9(15)6-12-8-5-10(16-2)14-7-13-8/h5,7H,3-4,6H2,1-2H3,(H,11,15)(H,12,13,14). The highest BCUT2D eigenvalue weighted by Gasteiger charge is 2.01. The quantitative estimate of drug-likeness (QED) is 0.576. The summed E-state index contributed by atoms with van der Waals surface area (Å²) < 4.78 is 0. The molecule has 1 rings (SSSR count). The van der Waals surface area contributed by atoms with Gasteiger partial charge in [0.25, 0.3) is 0 Å². The fourth-order valence-corrected chi connectivity index (χ4v) is 1.43. The molecule has 0 unspecified atom stereocenters. The molecule has 0 saturated heterocycles. The highest BCUT2D eigenvalue weighted by atomic mass is 32.2. The van der Waals surface area contributed by atoms with E-state index in [0.29, 0.717) is 12.4 Å². The van der Waals surface area contributed by atoms with E-state index in [-0.39, 0.29) is 12.5 Å². The summed E-state index contributed by atoms with van der Waals surface area (Å²) >= 11 is 1.54. The zero-order chi connectivity index (χ0) is 11.8. The average molecular weight is 240 g/mol. The topological polar surface area (TPSA) is 66.9 Å². The summed E-state index contributed by atoms with van der Waals surface area (Å²) in [5.41, 5.74) is 0. The van der Waals surface area contributed by atoms with Crippen LogP contribution in [-0.2, 0) is 4.79 Å². The first-order chi connectivity index (χ1) is 7.76. The van der Waals surface area contributed by atoms with Crippen LogP contribution >= 0.6 is 11.8 Å². The molecular formula is C10H16N4OS. The maximum Gasteiger partial charge on any atom is 0.239 e. The normalized spacial score (nSPS) is 9.88. The zero-order valence-electron chi connectivity index (χ0n) is 9.49. The lowest BCUT2D eigenvalue weighted by Crippen LogP contribution is -2.30. The molecule has 88 valence electrons. The molecule has 1 aromatic heterocycles. The third-order valence-corrected chi connectivity index (χ3v) is 2.49. The number of nitrogens with zero attached hydrogens (tertiary/aromatic N) is 2. The van der Waals surface area contributed by atoms with E-state index in [2.05, 4.69) is 20.6 Å². The molecule has 0 spiro atoms. The lowest BCUT2D eigenvalue weighted by atomic mass is 10.4. The van der Waals surface area contributed by atoms with Crippen LogP contribution in [-0.4, -0.2) is 35.2 Å². The van der Waals surface area contributed by atoms with Crippen molar-refractivity contribution < 1.29 is 4.79 Å². The number of amides is 1. The van der Waals surface area contributed by atoms with Crippen LogP contribution in [0.5, 0.6) is 0 Å². The van der Waals surface area contributed by atoms with Gasteiger partial charge in [-0.05, 0) is 12.7 Å². The molecule has 0 radical (unpaired) electrons. The van der Waals surface area contributed by atoms with Crippen molar-refractivity contribution in [3.63, 3.8) is 0 Å². The minimum Gasteiger partial charge on any atom is -0.361 e. The molecule has 0 fully saturated rings. The molecule has 1 aromatic rings. The summed E-state index contributed by atoms with van der Waals surface area (Å²) in [6.07, 6.45) is 4.37. The monoisotopic (exact) mass is 240 g/mol. The maximum absolute atomic E-state index is 11.3. The van der Waals surface area contributed by atoms with Gasteiger partial charge in [0.05, 0.1) is 6.54 Å². The van der Waals surface area contributed by atoms with Gasteiger partial charge in [0.1, 0.15) is 17.2 Å². The summed E-state index contributed by atoms with van der Waals surface area (Å²) in [5.74, 6) is 0.650. The van der Waals surface area contributed by atoms with Crippen molar-refractivity contribution in [2.75, 3.05) is 24.7 Å². The lowest BCUT2D eigenvalue weighted by molar-refractivity contribution is -0.119. The summed E-state index contributed by atoms with van der Waals surface area (Å²) in [4.78, 5) is 19.4. The van der Waals surface area contributed by atoms with E-state index < -0.39 is 0 Å². The number of carbonyl (C=O) groups excluding carboxylic acids is 1. The Morgan fingerprint density at radius 3 is 3.00 bits per heavy atom. The molecule has 1 heterocycles. The summed E-state index contributed by atoms with van der Waals surface area (Å²) in [6, 6.07) is 1.82. The van der Waals surface area contributed by atoms with Gasteiger partial charge in [-0.2, -0.15) is 0 Å². The molecule has 0 atom stereocenters. The van der Waals surface area contributed by atoms with Gasteiger partial charge in [-0.3, -0.25) is 4.79 Å². The van der Waals surface area contributed by atoms with Crippen LogP contribution in [0.25, 0.3) is 0 Å².